The maximum Gasteiger partial charge on any atom is 0.410 e. The molecule has 2 aromatic heterocycles. The third-order valence-corrected chi connectivity index (χ3v) is 5.40. The van der Waals surface area contributed by atoms with Crippen molar-refractivity contribution in [3.63, 3.8) is 0 Å². The Bertz CT molecular complexity index is 901. The number of piperidine rings is 1. The van der Waals surface area contributed by atoms with Gasteiger partial charge >= 0.3 is 6.09 Å². The van der Waals surface area contributed by atoms with Gasteiger partial charge in [-0.25, -0.2) is 9.78 Å². The Morgan fingerprint density at radius 1 is 1.30 bits per heavy atom. The second kappa shape index (κ2) is 6.71. The van der Waals surface area contributed by atoms with Gasteiger partial charge in [0.2, 0.25) is 0 Å². The molecule has 0 saturated carbocycles. The first-order chi connectivity index (χ1) is 13.0. The van der Waals surface area contributed by atoms with Crippen molar-refractivity contribution in [3.05, 3.63) is 17.5 Å². The maximum atomic E-state index is 13.1. The largest absolute Gasteiger partial charge is 0.495 e. The second-order valence-electron chi connectivity index (χ2n) is 6.94. The van der Waals surface area contributed by atoms with E-state index in [1.54, 1.807) is 27.8 Å². The summed E-state index contributed by atoms with van der Waals surface area (Å²) in [4.78, 5) is 32.8. The number of likely N-dealkylation sites (tertiary alicyclic amines) is 1. The van der Waals surface area contributed by atoms with Gasteiger partial charge in [-0.3, -0.25) is 9.48 Å². The van der Waals surface area contributed by atoms with Gasteiger partial charge in [-0.1, -0.05) is 0 Å². The molecule has 2 aromatic rings. The number of methoxy groups -OCH3 is 1. The number of ether oxygens (including phenoxy) is 2. The fourth-order valence-electron chi connectivity index (χ4n) is 4.03. The first-order valence-corrected chi connectivity index (χ1v) is 9.10. The monoisotopic (exact) mass is 373 g/mol. The highest BCUT2D eigenvalue weighted by Gasteiger charge is 2.34. The van der Waals surface area contributed by atoms with E-state index in [9.17, 15) is 9.59 Å². The van der Waals surface area contributed by atoms with Crippen LogP contribution in [0.15, 0.2) is 6.20 Å². The van der Waals surface area contributed by atoms with Crippen LogP contribution in [0.3, 0.4) is 0 Å². The molecule has 2 fully saturated rings. The predicted molar refractivity (Wildman–Crippen MR) is 96.8 cm³/mol. The molecule has 144 valence electrons. The van der Waals surface area contributed by atoms with E-state index >= 15 is 0 Å². The zero-order chi connectivity index (χ0) is 19.1. The zero-order valence-electron chi connectivity index (χ0n) is 15.8. The van der Waals surface area contributed by atoms with Crippen LogP contribution in [0.25, 0.3) is 11.0 Å². The molecular weight excluding hydrogens is 350 g/mol. The maximum absolute atomic E-state index is 13.1. The Morgan fingerprint density at radius 3 is 2.67 bits per heavy atom. The Balaban J connectivity index is 1.55. The van der Waals surface area contributed by atoms with Gasteiger partial charge in [0.1, 0.15) is 17.9 Å². The summed E-state index contributed by atoms with van der Waals surface area (Å²) < 4.78 is 12.3. The zero-order valence-corrected chi connectivity index (χ0v) is 15.8. The third kappa shape index (κ3) is 2.87. The van der Waals surface area contributed by atoms with Gasteiger partial charge in [0.15, 0.2) is 5.65 Å². The van der Waals surface area contributed by atoms with Gasteiger partial charge < -0.3 is 19.3 Å². The lowest BCUT2D eigenvalue weighted by molar-refractivity contribution is 0.0655. The van der Waals surface area contributed by atoms with Crippen LogP contribution in [-0.4, -0.2) is 76.0 Å². The van der Waals surface area contributed by atoms with E-state index in [4.69, 9.17) is 9.47 Å². The van der Waals surface area contributed by atoms with Crippen molar-refractivity contribution in [3.8, 4) is 5.75 Å². The summed E-state index contributed by atoms with van der Waals surface area (Å²) in [6.45, 7) is 4.12. The molecule has 0 spiro atoms. The van der Waals surface area contributed by atoms with E-state index in [1.807, 2.05) is 14.0 Å². The van der Waals surface area contributed by atoms with Crippen molar-refractivity contribution < 1.29 is 19.1 Å². The van der Waals surface area contributed by atoms with Crippen molar-refractivity contribution >= 4 is 23.0 Å². The molecule has 0 unspecified atom stereocenters. The Morgan fingerprint density at radius 2 is 2.04 bits per heavy atom. The van der Waals surface area contributed by atoms with Crippen molar-refractivity contribution in [2.45, 2.75) is 25.8 Å². The van der Waals surface area contributed by atoms with E-state index < -0.39 is 0 Å². The number of pyridine rings is 1. The molecule has 4 heterocycles. The van der Waals surface area contributed by atoms with Crippen LogP contribution in [0.1, 0.15) is 28.9 Å². The lowest BCUT2D eigenvalue weighted by Gasteiger charge is -2.35. The molecule has 0 atom stereocenters. The van der Waals surface area contributed by atoms with E-state index in [1.165, 1.54) is 0 Å². The highest BCUT2D eigenvalue weighted by molar-refractivity contribution is 6.02. The molecule has 2 aliphatic heterocycles. The van der Waals surface area contributed by atoms with Crippen LogP contribution in [-0.2, 0) is 11.8 Å². The van der Waals surface area contributed by atoms with Gasteiger partial charge in [-0.05, 0) is 19.8 Å². The van der Waals surface area contributed by atoms with E-state index in [-0.39, 0.29) is 18.0 Å². The summed E-state index contributed by atoms with van der Waals surface area (Å²) in [5.41, 5.74) is 1.91. The van der Waals surface area contributed by atoms with Crippen molar-refractivity contribution in [2.75, 3.05) is 33.4 Å². The number of rotatable bonds is 3. The molecule has 2 saturated heterocycles. The third-order valence-electron chi connectivity index (χ3n) is 5.40. The highest BCUT2D eigenvalue weighted by Crippen LogP contribution is 2.32. The summed E-state index contributed by atoms with van der Waals surface area (Å²) in [5, 5.41) is 5.14. The second-order valence-corrected chi connectivity index (χ2v) is 6.94. The minimum Gasteiger partial charge on any atom is -0.495 e. The molecule has 9 nitrogen and oxygen atoms in total. The number of nitrogens with zero attached hydrogens (tertiary/aromatic N) is 5. The number of fused-ring (bicyclic) bond motifs is 1. The van der Waals surface area contributed by atoms with Crippen molar-refractivity contribution in [2.24, 2.45) is 7.05 Å². The number of aromatic nitrogens is 3. The van der Waals surface area contributed by atoms with E-state index in [2.05, 4.69) is 10.1 Å². The normalized spacial score (nSPS) is 18.3. The van der Waals surface area contributed by atoms with Gasteiger partial charge in [0.05, 0.1) is 24.7 Å². The van der Waals surface area contributed by atoms with E-state index in [0.717, 1.165) is 23.9 Å². The minimum absolute atomic E-state index is 0.105. The molecule has 27 heavy (non-hydrogen) atoms. The predicted octanol–water partition coefficient (Wildman–Crippen LogP) is 1.34. The molecule has 2 aliphatic rings. The first kappa shape index (κ1) is 17.6. The molecule has 0 N–H and O–H groups in total. The van der Waals surface area contributed by atoms with E-state index in [0.29, 0.717) is 43.2 Å². The Kier molecular flexibility index (Phi) is 4.37. The van der Waals surface area contributed by atoms with Crippen molar-refractivity contribution in [1.29, 1.82) is 0 Å². The summed E-state index contributed by atoms with van der Waals surface area (Å²) in [5.74, 6) is 0.410. The topological polar surface area (TPSA) is 89.8 Å². The van der Waals surface area contributed by atoms with Crippen molar-refractivity contribution in [1.82, 2.24) is 24.6 Å². The fourth-order valence-corrected chi connectivity index (χ4v) is 4.03. The van der Waals surface area contributed by atoms with Crippen LogP contribution >= 0.6 is 0 Å². The molecule has 0 aliphatic carbocycles. The molecule has 0 bridgehead atoms. The van der Waals surface area contributed by atoms with Crippen LogP contribution < -0.4 is 4.74 Å². The van der Waals surface area contributed by atoms with Crippen LogP contribution in [0.4, 0.5) is 4.79 Å². The quantitative estimate of drug-likeness (QED) is 0.807. The van der Waals surface area contributed by atoms with Gasteiger partial charge in [-0.2, -0.15) is 5.10 Å². The first-order valence-electron chi connectivity index (χ1n) is 9.10. The summed E-state index contributed by atoms with van der Waals surface area (Å²) in [6, 6.07) is 0.132. The SMILES string of the molecule is COc1c(C(=O)N2CCC(N3CCOC3=O)CC2)cnc2c1c(C)nn2C. The number of aryl methyl sites for hydroxylation is 2. The van der Waals surface area contributed by atoms with Gasteiger partial charge in [-0.15, -0.1) is 0 Å². The van der Waals surface area contributed by atoms with Gasteiger partial charge in [0.25, 0.3) is 5.91 Å². The number of hydrogen-bond acceptors (Lipinski definition) is 6. The fraction of sp³-hybridized carbons (Fsp3) is 0.556. The van der Waals surface area contributed by atoms with Crippen LogP contribution in [0.5, 0.6) is 5.75 Å². The lowest BCUT2D eigenvalue weighted by atomic mass is 10.0. The molecule has 9 heteroatoms. The average molecular weight is 373 g/mol. The molecule has 0 radical (unpaired) electrons. The minimum atomic E-state index is -0.247. The lowest BCUT2D eigenvalue weighted by Crippen LogP contribution is -2.47. The van der Waals surface area contributed by atoms with Crippen LogP contribution in [0, 0.1) is 6.92 Å². The number of hydrogen-bond donors (Lipinski definition) is 0. The number of carbonyl (C=O) groups excluding carboxylic acids is 2. The number of cyclic esters (lactones) is 1. The summed E-state index contributed by atoms with van der Waals surface area (Å²) in [6.07, 6.45) is 2.80. The Hall–Kier alpha value is -2.84. The highest BCUT2D eigenvalue weighted by atomic mass is 16.6. The Labute approximate surface area is 156 Å². The smallest absolute Gasteiger partial charge is 0.410 e. The molecule has 2 amide bonds. The summed E-state index contributed by atoms with van der Waals surface area (Å²) in [7, 11) is 3.38. The van der Waals surface area contributed by atoms with Crippen LogP contribution in [0.2, 0.25) is 0 Å². The molecule has 4 rings (SSSR count). The van der Waals surface area contributed by atoms with Gasteiger partial charge in [0, 0.05) is 32.4 Å². The molecular formula is C18H23N5O4. The number of carbonyl (C=O) groups is 2. The number of amides is 2. The standard InChI is InChI=1S/C18H23N5O4/c1-11-14-15(26-3)13(10-19-16(14)21(2)20-11)17(24)22-6-4-12(5-7-22)23-8-9-27-18(23)25/h10,12H,4-9H2,1-3H3. The average Bonchev–Trinajstić information content (AvgIpc) is 3.23. The molecule has 0 aromatic carbocycles. The summed E-state index contributed by atoms with van der Waals surface area (Å²) >= 11 is 0.